The summed E-state index contributed by atoms with van der Waals surface area (Å²) in [6.07, 6.45) is 8.40. The van der Waals surface area contributed by atoms with E-state index in [2.05, 4.69) is 13.8 Å². The Kier molecular flexibility index (Phi) is 4.37. The number of aldehydes is 1. The van der Waals surface area contributed by atoms with Gasteiger partial charge in [-0.1, -0.05) is 26.7 Å². The number of rotatable bonds is 5. The van der Waals surface area contributed by atoms with Gasteiger partial charge >= 0.3 is 0 Å². The monoisotopic (exact) mass is 210 g/mol. The first-order valence-electron chi connectivity index (χ1n) is 5.92. The van der Waals surface area contributed by atoms with Crippen molar-refractivity contribution in [3.05, 3.63) is 11.8 Å². The van der Waals surface area contributed by atoms with E-state index in [0.29, 0.717) is 18.1 Å². The fourth-order valence-corrected chi connectivity index (χ4v) is 2.16. The van der Waals surface area contributed by atoms with Crippen LogP contribution in [-0.4, -0.2) is 11.4 Å². The Morgan fingerprint density at radius 3 is 2.80 bits per heavy atom. The number of aliphatic hydroxyl groups is 1. The fraction of sp³-hybridized carbons (Fsp3) is 0.769. The molecule has 1 aliphatic rings. The van der Waals surface area contributed by atoms with Gasteiger partial charge in [0.1, 0.15) is 6.29 Å². The van der Waals surface area contributed by atoms with Crippen molar-refractivity contribution in [3.8, 4) is 0 Å². The molecule has 0 amide bonds. The van der Waals surface area contributed by atoms with E-state index in [9.17, 15) is 9.90 Å². The van der Waals surface area contributed by atoms with Gasteiger partial charge in [0.05, 0.1) is 5.76 Å². The van der Waals surface area contributed by atoms with Crippen molar-refractivity contribution < 1.29 is 9.90 Å². The molecule has 0 saturated heterocycles. The van der Waals surface area contributed by atoms with Crippen LogP contribution in [0.1, 0.15) is 52.4 Å². The quantitative estimate of drug-likeness (QED) is 0.704. The van der Waals surface area contributed by atoms with E-state index >= 15 is 0 Å². The van der Waals surface area contributed by atoms with Gasteiger partial charge in [0.2, 0.25) is 0 Å². The molecule has 0 heterocycles. The Morgan fingerprint density at radius 1 is 1.60 bits per heavy atom. The van der Waals surface area contributed by atoms with Crippen LogP contribution in [0.4, 0.5) is 0 Å². The average Bonchev–Trinajstić information content (AvgIpc) is 2.21. The van der Waals surface area contributed by atoms with Gasteiger partial charge in [-0.2, -0.15) is 0 Å². The van der Waals surface area contributed by atoms with Crippen LogP contribution in [0.5, 0.6) is 0 Å². The second-order valence-corrected chi connectivity index (χ2v) is 5.17. The van der Waals surface area contributed by atoms with E-state index in [-0.39, 0.29) is 5.41 Å². The molecule has 1 aliphatic carbocycles. The van der Waals surface area contributed by atoms with Crippen LogP contribution in [0.3, 0.4) is 0 Å². The molecule has 0 bridgehead atoms. The molecule has 2 heteroatoms. The van der Waals surface area contributed by atoms with Crippen LogP contribution >= 0.6 is 0 Å². The Morgan fingerprint density at radius 2 is 2.33 bits per heavy atom. The van der Waals surface area contributed by atoms with Crippen molar-refractivity contribution in [1.29, 1.82) is 0 Å². The Hall–Kier alpha value is -0.790. The Balaban J connectivity index is 2.44. The maximum absolute atomic E-state index is 11.2. The van der Waals surface area contributed by atoms with Gasteiger partial charge in [-0.05, 0) is 31.3 Å². The van der Waals surface area contributed by atoms with Crippen LogP contribution in [0.25, 0.3) is 0 Å². The van der Waals surface area contributed by atoms with Gasteiger partial charge in [-0.15, -0.1) is 0 Å². The van der Waals surface area contributed by atoms with Crippen molar-refractivity contribution in [2.24, 2.45) is 11.3 Å². The lowest BCUT2D eigenvalue weighted by Gasteiger charge is -2.30. The highest BCUT2D eigenvalue weighted by Gasteiger charge is 2.31. The first-order chi connectivity index (χ1) is 7.08. The van der Waals surface area contributed by atoms with Crippen molar-refractivity contribution in [3.63, 3.8) is 0 Å². The SMILES string of the molecule is CC(C)CCCC1(C=O)CC=C(O)CC1. The molecule has 1 unspecified atom stereocenters. The lowest BCUT2D eigenvalue weighted by atomic mass is 9.74. The van der Waals surface area contributed by atoms with E-state index in [1.54, 1.807) is 0 Å². The van der Waals surface area contributed by atoms with Gasteiger partial charge in [0.25, 0.3) is 0 Å². The molecule has 0 spiro atoms. The maximum Gasteiger partial charge on any atom is 0.126 e. The van der Waals surface area contributed by atoms with Gasteiger partial charge in [-0.25, -0.2) is 0 Å². The van der Waals surface area contributed by atoms with Crippen LogP contribution in [0.2, 0.25) is 0 Å². The predicted octanol–water partition coefficient (Wildman–Crippen LogP) is 3.62. The second kappa shape index (κ2) is 5.34. The topological polar surface area (TPSA) is 37.3 Å². The van der Waals surface area contributed by atoms with E-state index in [1.807, 2.05) is 6.08 Å². The molecule has 0 radical (unpaired) electrons. The predicted molar refractivity (Wildman–Crippen MR) is 61.7 cm³/mol. The number of allylic oxidation sites excluding steroid dienone is 2. The highest BCUT2D eigenvalue weighted by Crippen LogP contribution is 2.37. The smallest absolute Gasteiger partial charge is 0.126 e. The van der Waals surface area contributed by atoms with E-state index < -0.39 is 0 Å². The first-order valence-corrected chi connectivity index (χ1v) is 5.92. The molecule has 0 aliphatic heterocycles. The van der Waals surface area contributed by atoms with Crippen molar-refractivity contribution in [2.75, 3.05) is 0 Å². The number of carbonyl (C=O) groups excluding carboxylic acids is 1. The summed E-state index contributed by atoms with van der Waals surface area (Å²) in [5.41, 5.74) is -0.179. The summed E-state index contributed by atoms with van der Waals surface area (Å²) in [5, 5.41) is 9.30. The lowest BCUT2D eigenvalue weighted by Crippen LogP contribution is -2.25. The Bertz CT molecular complexity index is 243. The lowest BCUT2D eigenvalue weighted by molar-refractivity contribution is -0.117. The van der Waals surface area contributed by atoms with E-state index in [4.69, 9.17) is 0 Å². The molecule has 0 fully saturated rings. The molecule has 2 nitrogen and oxygen atoms in total. The summed E-state index contributed by atoms with van der Waals surface area (Å²) >= 11 is 0. The number of carbonyl (C=O) groups is 1. The van der Waals surface area contributed by atoms with Gasteiger partial charge in [0.15, 0.2) is 0 Å². The van der Waals surface area contributed by atoms with Crippen LogP contribution in [0, 0.1) is 11.3 Å². The zero-order valence-corrected chi connectivity index (χ0v) is 9.83. The van der Waals surface area contributed by atoms with Gasteiger partial charge in [0, 0.05) is 11.8 Å². The van der Waals surface area contributed by atoms with Crippen molar-refractivity contribution in [2.45, 2.75) is 52.4 Å². The van der Waals surface area contributed by atoms with Gasteiger partial charge in [-0.3, -0.25) is 0 Å². The molecular weight excluding hydrogens is 188 g/mol. The summed E-state index contributed by atoms with van der Waals surface area (Å²) < 4.78 is 0. The third-order valence-electron chi connectivity index (χ3n) is 3.33. The normalized spacial score (nSPS) is 26.5. The molecule has 86 valence electrons. The molecule has 0 saturated carbocycles. The molecule has 15 heavy (non-hydrogen) atoms. The number of hydrogen-bond donors (Lipinski definition) is 1. The summed E-state index contributed by atoms with van der Waals surface area (Å²) in [5.74, 6) is 1.16. The summed E-state index contributed by atoms with van der Waals surface area (Å²) in [6.45, 7) is 4.42. The van der Waals surface area contributed by atoms with Crippen LogP contribution < -0.4 is 0 Å². The van der Waals surface area contributed by atoms with E-state index in [1.165, 1.54) is 6.42 Å². The fourth-order valence-electron chi connectivity index (χ4n) is 2.16. The minimum absolute atomic E-state index is 0.179. The number of aliphatic hydroxyl groups excluding tert-OH is 1. The average molecular weight is 210 g/mol. The summed E-state index contributed by atoms with van der Waals surface area (Å²) in [7, 11) is 0. The zero-order chi connectivity index (χ0) is 11.3. The number of hydrogen-bond acceptors (Lipinski definition) is 2. The van der Waals surface area contributed by atoms with Crippen LogP contribution in [-0.2, 0) is 4.79 Å². The molecule has 1 atom stereocenters. The molecule has 0 aromatic carbocycles. The van der Waals surface area contributed by atoms with Crippen molar-refractivity contribution in [1.82, 2.24) is 0 Å². The molecule has 0 aromatic heterocycles. The zero-order valence-electron chi connectivity index (χ0n) is 9.83. The third-order valence-corrected chi connectivity index (χ3v) is 3.33. The molecule has 1 rings (SSSR count). The third kappa shape index (κ3) is 3.69. The molecule has 0 aromatic rings. The maximum atomic E-state index is 11.2. The highest BCUT2D eigenvalue weighted by atomic mass is 16.3. The Labute approximate surface area is 92.4 Å². The molecular formula is C13H22O2. The molecule has 1 N–H and O–H groups in total. The summed E-state index contributed by atoms with van der Waals surface area (Å²) in [6, 6.07) is 0. The highest BCUT2D eigenvalue weighted by molar-refractivity contribution is 5.60. The summed E-state index contributed by atoms with van der Waals surface area (Å²) in [4.78, 5) is 11.2. The van der Waals surface area contributed by atoms with E-state index in [0.717, 1.165) is 32.0 Å². The van der Waals surface area contributed by atoms with Crippen molar-refractivity contribution >= 4 is 6.29 Å². The first kappa shape index (κ1) is 12.3. The largest absolute Gasteiger partial charge is 0.513 e. The minimum atomic E-state index is -0.179. The second-order valence-electron chi connectivity index (χ2n) is 5.17. The van der Waals surface area contributed by atoms with Gasteiger partial charge < -0.3 is 9.90 Å². The minimum Gasteiger partial charge on any atom is -0.513 e. The standard InChI is InChI=1S/C13H22O2/c1-11(2)4-3-7-13(10-14)8-5-12(15)6-9-13/h5,10-11,15H,3-4,6-9H2,1-2H3. The van der Waals surface area contributed by atoms with Crippen LogP contribution in [0.15, 0.2) is 11.8 Å².